The van der Waals surface area contributed by atoms with E-state index in [2.05, 4.69) is 10.3 Å². The number of hydrogen-bond acceptors (Lipinski definition) is 5. The van der Waals surface area contributed by atoms with Crippen molar-refractivity contribution in [3.05, 3.63) is 65.7 Å². The zero-order valence-electron chi connectivity index (χ0n) is 12.9. The summed E-state index contributed by atoms with van der Waals surface area (Å²) < 4.78 is 18.1. The molecule has 7 heteroatoms. The highest BCUT2D eigenvalue weighted by atomic mass is 19.1. The van der Waals surface area contributed by atoms with Gasteiger partial charge in [-0.25, -0.2) is 9.18 Å². The molecule has 0 aliphatic carbocycles. The van der Waals surface area contributed by atoms with Gasteiger partial charge in [-0.15, -0.1) is 0 Å². The maximum atomic E-state index is 13.1. The molecule has 0 aliphatic heterocycles. The Labute approximate surface area is 138 Å². The van der Waals surface area contributed by atoms with E-state index in [1.165, 1.54) is 6.20 Å². The molecule has 0 saturated carbocycles. The fraction of sp³-hybridized carbons (Fsp3) is 0.294. The lowest BCUT2D eigenvalue weighted by Crippen LogP contribution is -2.30. The summed E-state index contributed by atoms with van der Waals surface area (Å²) in [7, 11) is 0. The van der Waals surface area contributed by atoms with Gasteiger partial charge in [0.05, 0.1) is 11.8 Å². The monoisotopic (exact) mass is 334 g/mol. The molecule has 1 heterocycles. The van der Waals surface area contributed by atoms with Crippen LogP contribution >= 0.6 is 0 Å². The van der Waals surface area contributed by atoms with Crippen molar-refractivity contribution in [2.24, 2.45) is 0 Å². The minimum atomic E-state index is -1.33. The molecule has 6 nitrogen and oxygen atoms in total. The Morgan fingerprint density at radius 1 is 1.25 bits per heavy atom. The summed E-state index contributed by atoms with van der Waals surface area (Å²) in [4.78, 5) is 15.3. The zero-order valence-corrected chi connectivity index (χ0v) is 12.9. The molecule has 2 aromatic rings. The van der Waals surface area contributed by atoms with Crippen LogP contribution in [0.5, 0.6) is 0 Å². The van der Waals surface area contributed by atoms with Gasteiger partial charge in [-0.3, -0.25) is 4.98 Å². The minimum Gasteiger partial charge on any atom is -0.445 e. The molecular weight excluding hydrogens is 315 g/mol. The van der Waals surface area contributed by atoms with E-state index >= 15 is 0 Å². The number of ether oxygens (including phenoxy) is 1. The Bertz CT molecular complexity index is 654. The highest BCUT2D eigenvalue weighted by Crippen LogP contribution is 2.17. The normalized spacial score (nSPS) is 13.1. The number of aliphatic hydroxyl groups is 2. The van der Waals surface area contributed by atoms with Crippen molar-refractivity contribution in [3.63, 3.8) is 0 Å². The lowest BCUT2D eigenvalue weighted by atomic mass is 10.1. The van der Waals surface area contributed by atoms with Gasteiger partial charge in [-0.05, 0) is 24.1 Å². The molecule has 2 atom stereocenters. The molecule has 0 fully saturated rings. The standard InChI is InChI=1S/C17H19FN2O4/c18-13-6-8-19-14(10-13)16(22)15(21)7-9-20-17(23)24-11-12-4-2-1-3-5-12/h1-6,8,10,15-16,21-22H,7,9,11H2,(H,20,23). The van der Waals surface area contributed by atoms with Crippen LogP contribution < -0.4 is 5.32 Å². The number of hydrogen-bond donors (Lipinski definition) is 3. The van der Waals surface area contributed by atoms with E-state index in [9.17, 15) is 19.4 Å². The molecule has 3 N–H and O–H groups in total. The van der Waals surface area contributed by atoms with Gasteiger partial charge >= 0.3 is 6.09 Å². The number of alkyl carbamates (subject to hydrolysis) is 1. The number of nitrogens with zero attached hydrogens (tertiary/aromatic N) is 1. The third-order valence-corrected chi connectivity index (χ3v) is 3.33. The maximum absolute atomic E-state index is 13.1. The van der Waals surface area contributed by atoms with Crippen molar-refractivity contribution < 1.29 is 24.1 Å². The van der Waals surface area contributed by atoms with Crippen LogP contribution in [0.25, 0.3) is 0 Å². The van der Waals surface area contributed by atoms with Gasteiger partial charge in [0.1, 0.15) is 18.5 Å². The van der Waals surface area contributed by atoms with Gasteiger partial charge in [0, 0.05) is 12.7 Å². The van der Waals surface area contributed by atoms with Crippen LogP contribution in [-0.4, -0.2) is 33.9 Å². The van der Waals surface area contributed by atoms with Gasteiger partial charge < -0.3 is 20.3 Å². The summed E-state index contributed by atoms with van der Waals surface area (Å²) in [5.41, 5.74) is 0.898. The number of halogens is 1. The fourth-order valence-corrected chi connectivity index (χ4v) is 2.03. The van der Waals surface area contributed by atoms with Gasteiger partial charge in [0.25, 0.3) is 0 Å². The first-order chi connectivity index (χ1) is 11.6. The number of rotatable bonds is 7. The molecule has 24 heavy (non-hydrogen) atoms. The van der Waals surface area contributed by atoms with Crippen LogP contribution in [0.1, 0.15) is 23.8 Å². The first-order valence-electron chi connectivity index (χ1n) is 7.48. The Morgan fingerprint density at radius 3 is 2.71 bits per heavy atom. The van der Waals surface area contributed by atoms with Crippen molar-refractivity contribution >= 4 is 6.09 Å². The van der Waals surface area contributed by atoms with Crippen molar-refractivity contribution in [2.75, 3.05) is 6.54 Å². The predicted octanol–water partition coefficient (Wildman–Crippen LogP) is 1.93. The number of aromatic nitrogens is 1. The highest BCUT2D eigenvalue weighted by molar-refractivity contribution is 5.67. The number of nitrogens with one attached hydrogen (secondary N) is 1. The summed E-state index contributed by atoms with van der Waals surface area (Å²) in [5.74, 6) is -0.547. The maximum Gasteiger partial charge on any atom is 0.407 e. The smallest absolute Gasteiger partial charge is 0.407 e. The molecule has 1 aromatic carbocycles. The minimum absolute atomic E-state index is 0.0363. The Morgan fingerprint density at radius 2 is 2.00 bits per heavy atom. The van der Waals surface area contributed by atoms with E-state index in [1.807, 2.05) is 30.3 Å². The first-order valence-corrected chi connectivity index (χ1v) is 7.48. The molecule has 2 rings (SSSR count). The number of carbonyl (C=O) groups is 1. The fourth-order valence-electron chi connectivity index (χ4n) is 2.03. The Kier molecular flexibility index (Phi) is 6.65. The quantitative estimate of drug-likeness (QED) is 0.720. The topological polar surface area (TPSA) is 91.7 Å². The SMILES string of the molecule is O=C(NCCC(O)C(O)c1cc(F)ccn1)OCc1ccccc1. The molecule has 128 valence electrons. The van der Waals surface area contributed by atoms with Crippen molar-refractivity contribution in [1.29, 1.82) is 0 Å². The number of carbonyl (C=O) groups excluding carboxylic acids is 1. The average Bonchev–Trinajstić information content (AvgIpc) is 2.60. The number of pyridine rings is 1. The average molecular weight is 334 g/mol. The van der Waals surface area contributed by atoms with Crippen molar-refractivity contribution in [3.8, 4) is 0 Å². The summed E-state index contributed by atoms with van der Waals surface area (Å²) >= 11 is 0. The predicted molar refractivity (Wildman–Crippen MR) is 84.4 cm³/mol. The third-order valence-electron chi connectivity index (χ3n) is 3.33. The second-order valence-corrected chi connectivity index (χ2v) is 5.19. The molecule has 0 spiro atoms. The Balaban J connectivity index is 1.70. The van der Waals surface area contributed by atoms with E-state index in [0.717, 1.165) is 17.7 Å². The molecule has 0 radical (unpaired) electrons. The lowest BCUT2D eigenvalue weighted by Gasteiger charge is -2.17. The molecule has 0 bridgehead atoms. The summed E-state index contributed by atoms with van der Waals surface area (Å²) in [6.45, 7) is 0.242. The van der Waals surface area contributed by atoms with Crippen LogP contribution in [0.4, 0.5) is 9.18 Å². The van der Waals surface area contributed by atoms with Crippen LogP contribution in [0, 0.1) is 5.82 Å². The largest absolute Gasteiger partial charge is 0.445 e. The van der Waals surface area contributed by atoms with E-state index < -0.39 is 24.1 Å². The molecule has 0 saturated heterocycles. The van der Waals surface area contributed by atoms with Gasteiger partial charge in [0.15, 0.2) is 0 Å². The van der Waals surface area contributed by atoms with Gasteiger partial charge in [-0.1, -0.05) is 30.3 Å². The second-order valence-electron chi connectivity index (χ2n) is 5.19. The third kappa shape index (κ3) is 5.60. The zero-order chi connectivity index (χ0) is 17.4. The molecule has 1 amide bonds. The van der Waals surface area contributed by atoms with E-state index in [-0.39, 0.29) is 25.3 Å². The van der Waals surface area contributed by atoms with Crippen LogP contribution in [-0.2, 0) is 11.3 Å². The van der Waals surface area contributed by atoms with Crippen LogP contribution in [0.3, 0.4) is 0 Å². The number of amides is 1. The van der Waals surface area contributed by atoms with Gasteiger partial charge in [-0.2, -0.15) is 0 Å². The van der Waals surface area contributed by atoms with E-state index in [1.54, 1.807) is 0 Å². The van der Waals surface area contributed by atoms with Gasteiger partial charge in [0.2, 0.25) is 0 Å². The number of aliphatic hydroxyl groups excluding tert-OH is 2. The molecular formula is C17H19FN2O4. The molecule has 2 unspecified atom stereocenters. The summed E-state index contributed by atoms with van der Waals surface area (Å²) in [6.07, 6.45) is -1.86. The van der Waals surface area contributed by atoms with Crippen molar-refractivity contribution in [1.82, 2.24) is 10.3 Å². The first kappa shape index (κ1) is 17.8. The van der Waals surface area contributed by atoms with Crippen molar-refractivity contribution in [2.45, 2.75) is 25.2 Å². The summed E-state index contributed by atoms with van der Waals surface area (Å²) in [6, 6.07) is 11.4. The van der Waals surface area contributed by atoms with E-state index in [4.69, 9.17) is 4.74 Å². The second kappa shape index (κ2) is 8.95. The Hall–Kier alpha value is -2.51. The highest BCUT2D eigenvalue weighted by Gasteiger charge is 2.20. The molecule has 1 aromatic heterocycles. The lowest BCUT2D eigenvalue weighted by molar-refractivity contribution is 0.0110. The molecule has 0 aliphatic rings. The number of benzene rings is 1. The summed E-state index contributed by atoms with van der Waals surface area (Å²) in [5, 5.41) is 22.3. The van der Waals surface area contributed by atoms with Crippen LogP contribution in [0.2, 0.25) is 0 Å². The van der Waals surface area contributed by atoms with Crippen LogP contribution in [0.15, 0.2) is 48.7 Å². The van der Waals surface area contributed by atoms with E-state index in [0.29, 0.717) is 0 Å².